The number of nitrogens with one attached hydrogen (secondary N) is 2. The van der Waals surface area contributed by atoms with Crippen LogP contribution in [0.2, 0.25) is 0 Å². The number of fused-ring (bicyclic) bond motifs is 1. The number of aromatic amines is 1. The molecular formula is C37H40N4O4. The molecule has 0 radical (unpaired) electrons. The highest BCUT2D eigenvalue weighted by Crippen LogP contribution is 2.38. The zero-order valence-electron chi connectivity index (χ0n) is 26.2. The van der Waals surface area contributed by atoms with E-state index in [2.05, 4.69) is 55.1 Å². The zero-order chi connectivity index (χ0) is 31.9. The molecule has 0 unspecified atom stereocenters. The molecule has 0 atom stereocenters. The second-order valence-electron chi connectivity index (χ2n) is 11.7. The maximum Gasteiger partial charge on any atom is 0.326 e. The summed E-state index contributed by atoms with van der Waals surface area (Å²) in [7, 11) is 0. The van der Waals surface area contributed by atoms with Crippen molar-refractivity contribution >= 4 is 28.4 Å². The molecule has 0 aliphatic heterocycles. The van der Waals surface area contributed by atoms with Gasteiger partial charge >= 0.3 is 6.03 Å². The molecule has 2 heterocycles. The molecule has 0 saturated carbocycles. The van der Waals surface area contributed by atoms with Crippen LogP contribution in [0, 0.1) is 0 Å². The number of H-pyrrole nitrogens is 1. The summed E-state index contributed by atoms with van der Waals surface area (Å²) < 4.78 is 5.66. The molecule has 0 aliphatic carbocycles. The number of rotatable bonds is 11. The third-order valence-corrected chi connectivity index (χ3v) is 7.80. The first kappa shape index (κ1) is 31.5. The first-order chi connectivity index (χ1) is 21.7. The standard InChI is InChI=1S/C37H40N4O4/c1-24(2)31-21-29(27-12-8-14-30(20-27)45-19-18-42)22-32(25(3)4)34(31)39-37(44)41(17-15-26-10-6-5-7-11-26)33-23-28-13-9-16-38-35(28)40-36(33)43/h5-14,16,20-25,42H,15,17-19H2,1-4H3,(H,39,44)(H,38,40,43). The second kappa shape index (κ2) is 14.2. The van der Waals surface area contributed by atoms with Crippen LogP contribution in [-0.4, -0.2) is 40.9 Å². The van der Waals surface area contributed by atoms with E-state index in [0.717, 1.165) is 38.9 Å². The summed E-state index contributed by atoms with van der Waals surface area (Å²) in [5.41, 5.74) is 6.15. The van der Waals surface area contributed by atoms with Crippen molar-refractivity contribution in [3.05, 3.63) is 118 Å². The summed E-state index contributed by atoms with van der Waals surface area (Å²) in [5, 5.41) is 13.2. The number of aliphatic hydroxyl groups is 1. The van der Waals surface area contributed by atoms with Crippen LogP contribution in [0.5, 0.6) is 5.75 Å². The van der Waals surface area contributed by atoms with E-state index >= 15 is 0 Å². The van der Waals surface area contributed by atoms with Gasteiger partial charge in [-0.2, -0.15) is 0 Å². The quantitative estimate of drug-likeness (QED) is 0.145. The van der Waals surface area contributed by atoms with Crippen LogP contribution in [0.15, 0.2) is 95.9 Å². The van der Waals surface area contributed by atoms with Gasteiger partial charge in [-0.05, 0) is 88.5 Å². The molecular weight excluding hydrogens is 564 g/mol. The predicted octanol–water partition coefficient (Wildman–Crippen LogP) is 7.49. The topological polar surface area (TPSA) is 108 Å². The van der Waals surface area contributed by atoms with E-state index in [9.17, 15) is 14.7 Å². The van der Waals surface area contributed by atoms with Crippen molar-refractivity contribution in [2.45, 2.75) is 46.0 Å². The number of hydrogen-bond acceptors (Lipinski definition) is 5. The van der Waals surface area contributed by atoms with Gasteiger partial charge in [0.25, 0.3) is 5.56 Å². The van der Waals surface area contributed by atoms with E-state index in [1.807, 2.05) is 60.7 Å². The van der Waals surface area contributed by atoms with Crippen molar-refractivity contribution in [2.75, 3.05) is 30.0 Å². The minimum atomic E-state index is -0.379. The summed E-state index contributed by atoms with van der Waals surface area (Å²) in [6, 6.07) is 27.0. The molecule has 45 heavy (non-hydrogen) atoms. The van der Waals surface area contributed by atoms with E-state index in [1.54, 1.807) is 18.3 Å². The number of hydrogen-bond donors (Lipinski definition) is 3. The van der Waals surface area contributed by atoms with Gasteiger partial charge in [0.2, 0.25) is 0 Å². The predicted molar refractivity (Wildman–Crippen MR) is 182 cm³/mol. The summed E-state index contributed by atoms with van der Waals surface area (Å²) in [6.45, 7) is 8.89. The van der Waals surface area contributed by atoms with Crippen molar-refractivity contribution in [1.29, 1.82) is 0 Å². The largest absolute Gasteiger partial charge is 0.491 e. The van der Waals surface area contributed by atoms with Gasteiger partial charge in [-0.3, -0.25) is 9.69 Å². The summed E-state index contributed by atoms with van der Waals surface area (Å²) in [5.74, 6) is 0.875. The normalized spacial score (nSPS) is 11.3. The number of aromatic nitrogens is 2. The second-order valence-corrected chi connectivity index (χ2v) is 11.7. The van der Waals surface area contributed by atoms with Crippen molar-refractivity contribution in [2.24, 2.45) is 0 Å². The number of carbonyl (C=O) groups excluding carboxylic acids is 1. The lowest BCUT2D eigenvalue weighted by molar-refractivity contribution is 0.201. The average Bonchev–Trinajstić information content (AvgIpc) is 3.04. The molecule has 0 saturated heterocycles. The van der Waals surface area contributed by atoms with Gasteiger partial charge in [0.15, 0.2) is 0 Å². The molecule has 8 heteroatoms. The maximum absolute atomic E-state index is 14.3. The molecule has 3 aromatic carbocycles. The summed E-state index contributed by atoms with van der Waals surface area (Å²) in [4.78, 5) is 36.3. The summed E-state index contributed by atoms with van der Waals surface area (Å²) in [6.07, 6.45) is 2.20. The number of benzene rings is 3. The Morgan fingerprint density at radius 2 is 1.64 bits per heavy atom. The first-order valence-corrected chi connectivity index (χ1v) is 15.4. The van der Waals surface area contributed by atoms with E-state index in [0.29, 0.717) is 24.4 Å². The molecule has 0 aliphatic rings. The Kier molecular flexibility index (Phi) is 9.95. The third kappa shape index (κ3) is 7.41. The smallest absolute Gasteiger partial charge is 0.326 e. The van der Waals surface area contributed by atoms with Gasteiger partial charge in [0.1, 0.15) is 23.7 Å². The molecule has 232 valence electrons. The van der Waals surface area contributed by atoms with Crippen LogP contribution in [0.1, 0.15) is 56.2 Å². The van der Waals surface area contributed by atoms with Crippen LogP contribution < -0.4 is 20.5 Å². The Bertz CT molecular complexity index is 1800. The van der Waals surface area contributed by atoms with E-state index in [-0.39, 0.29) is 42.3 Å². The fraction of sp³-hybridized carbons (Fsp3) is 0.270. The van der Waals surface area contributed by atoms with Crippen molar-refractivity contribution < 1.29 is 14.6 Å². The Morgan fingerprint density at radius 1 is 0.911 bits per heavy atom. The number of anilines is 2. The van der Waals surface area contributed by atoms with Gasteiger partial charge in [0.05, 0.1) is 6.61 Å². The van der Waals surface area contributed by atoms with Crippen molar-refractivity contribution in [3.63, 3.8) is 0 Å². The molecule has 5 aromatic rings. The Hall–Kier alpha value is -4.95. The molecule has 8 nitrogen and oxygen atoms in total. The van der Waals surface area contributed by atoms with Crippen LogP contribution in [-0.2, 0) is 6.42 Å². The van der Waals surface area contributed by atoms with Gasteiger partial charge in [-0.25, -0.2) is 9.78 Å². The lowest BCUT2D eigenvalue weighted by atomic mass is 9.88. The van der Waals surface area contributed by atoms with Gasteiger partial charge in [-0.15, -0.1) is 0 Å². The molecule has 0 fully saturated rings. The number of ether oxygens (including phenoxy) is 1. The Labute approximate surface area is 263 Å². The van der Waals surface area contributed by atoms with Gasteiger partial charge in [0, 0.05) is 23.8 Å². The van der Waals surface area contributed by atoms with E-state index in [4.69, 9.17) is 4.74 Å². The van der Waals surface area contributed by atoms with Crippen molar-refractivity contribution in [3.8, 4) is 16.9 Å². The minimum absolute atomic E-state index is 0.0576. The molecule has 2 amide bonds. The first-order valence-electron chi connectivity index (χ1n) is 15.4. The number of amides is 2. The maximum atomic E-state index is 14.3. The third-order valence-electron chi connectivity index (χ3n) is 7.80. The fourth-order valence-electron chi connectivity index (χ4n) is 5.45. The van der Waals surface area contributed by atoms with E-state index < -0.39 is 0 Å². The van der Waals surface area contributed by atoms with Crippen LogP contribution in [0.25, 0.3) is 22.2 Å². The molecule has 5 rings (SSSR count). The lowest BCUT2D eigenvalue weighted by Gasteiger charge is -2.27. The van der Waals surface area contributed by atoms with Crippen LogP contribution >= 0.6 is 0 Å². The summed E-state index contributed by atoms with van der Waals surface area (Å²) >= 11 is 0. The molecule has 3 N–H and O–H groups in total. The fourth-order valence-corrected chi connectivity index (χ4v) is 5.45. The number of urea groups is 1. The highest BCUT2D eigenvalue weighted by molar-refractivity contribution is 6.03. The van der Waals surface area contributed by atoms with E-state index in [1.165, 1.54) is 4.90 Å². The Balaban J connectivity index is 1.56. The molecule has 2 aromatic heterocycles. The SMILES string of the molecule is CC(C)c1cc(-c2cccc(OCCO)c2)cc(C(C)C)c1NC(=O)N(CCc1ccccc1)c1cc2cccnc2[nH]c1=O. The highest BCUT2D eigenvalue weighted by Gasteiger charge is 2.24. The monoisotopic (exact) mass is 604 g/mol. The molecule has 0 bridgehead atoms. The van der Waals surface area contributed by atoms with Crippen molar-refractivity contribution in [1.82, 2.24) is 9.97 Å². The zero-order valence-corrected chi connectivity index (χ0v) is 26.2. The van der Waals surface area contributed by atoms with Gasteiger partial charge < -0.3 is 20.1 Å². The minimum Gasteiger partial charge on any atom is -0.491 e. The highest BCUT2D eigenvalue weighted by atomic mass is 16.5. The average molecular weight is 605 g/mol. The number of nitrogens with zero attached hydrogens (tertiary/aromatic N) is 2. The number of carbonyl (C=O) groups is 1. The molecule has 0 spiro atoms. The number of aliphatic hydroxyl groups excluding tert-OH is 1. The van der Waals surface area contributed by atoms with Gasteiger partial charge in [-0.1, -0.05) is 70.2 Å². The number of pyridine rings is 2. The van der Waals surface area contributed by atoms with Crippen LogP contribution in [0.3, 0.4) is 0 Å². The Morgan fingerprint density at radius 3 is 2.33 bits per heavy atom. The lowest BCUT2D eigenvalue weighted by Crippen LogP contribution is -2.40. The van der Waals surface area contributed by atoms with Crippen LogP contribution in [0.4, 0.5) is 16.2 Å².